The molecule has 0 aliphatic carbocycles. The van der Waals surface area contributed by atoms with Gasteiger partial charge in [-0.25, -0.2) is 0 Å². The molecule has 0 amide bonds. The molecule has 0 saturated carbocycles. The lowest BCUT2D eigenvalue weighted by molar-refractivity contribution is 0.216. The summed E-state index contributed by atoms with van der Waals surface area (Å²) in [6, 6.07) is 6.97. The number of pyridine rings is 1. The van der Waals surface area contributed by atoms with Crippen molar-refractivity contribution in [1.82, 2.24) is 9.88 Å². The molecule has 0 spiro atoms. The molecule has 2 heterocycles. The van der Waals surface area contributed by atoms with E-state index in [0.29, 0.717) is 0 Å². The van der Waals surface area contributed by atoms with Crippen LogP contribution in [0.25, 0.3) is 0 Å². The molecule has 0 aromatic carbocycles. The van der Waals surface area contributed by atoms with E-state index in [1.54, 1.807) is 0 Å². The minimum atomic E-state index is 0.780. The first kappa shape index (κ1) is 11.6. The topological polar surface area (TPSA) is 16.1 Å². The molecule has 16 heavy (non-hydrogen) atoms. The summed E-state index contributed by atoms with van der Waals surface area (Å²) < 4.78 is 0. The van der Waals surface area contributed by atoms with Crippen LogP contribution in [0.3, 0.4) is 0 Å². The van der Waals surface area contributed by atoms with Gasteiger partial charge in [0.25, 0.3) is 0 Å². The van der Waals surface area contributed by atoms with Crippen molar-refractivity contribution in [3.05, 3.63) is 30.1 Å². The van der Waals surface area contributed by atoms with E-state index in [1.807, 2.05) is 12.3 Å². The lowest BCUT2D eigenvalue weighted by Gasteiger charge is -2.25. The molecule has 1 unspecified atom stereocenters. The van der Waals surface area contributed by atoms with Crippen molar-refractivity contribution in [2.45, 2.75) is 45.7 Å². The second-order valence-electron chi connectivity index (χ2n) is 5.22. The highest BCUT2D eigenvalue weighted by Gasteiger charge is 2.25. The van der Waals surface area contributed by atoms with Gasteiger partial charge in [-0.05, 0) is 43.9 Å². The van der Waals surface area contributed by atoms with E-state index in [4.69, 9.17) is 0 Å². The number of hydrogen-bond acceptors (Lipinski definition) is 2. The third kappa shape index (κ3) is 3.05. The van der Waals surface area contributed by atoms with Crippen LogP contribution < -0.4 is 0 Å². The molecule has 0 N–H and O–H groups in total. The summed E-state index contributed by atoms with van der Waals surface area (Å²) in [5.41, 5.74) is 1.21. The molecule has 0 bridgehead atoms. The first-order valence-electron chi connectivity index (χ1n) is 6.39. The fourth-order valence-corrected chi connectivity index (χ4v) is 2.61. The number of hydrogen-bond donors (Lipinski definition) is 0. The summed E-state index contributed by atoms with van der Waals surface area (Å²) in [6.07, 6.45) is 5.94. The van der Waals surface area contributed by atoms with Crippen LogP contribution >= 0.6 is 0 Å². The molecule has 1 aliphatic rings. The molecule has 2 nitrogen and oxygen atoms in total. The molecular formula is C14H22N2. The van der Waals surface area contributed by atoms with Gasteiger partial charge in [0.1, 0.15) is 0 Å². The summed E-state index contributed by atoms with van der Waals surface area (Å²) in [5.74, 6) is 0.800. The molecule has 1 aromatic heterocycles. The van der Waals surface area contributed by atoms with Crippen LogP contribution in [0.4, 0.5) is 0 Å². The standard InChI is InChI=1S/C14H22N2/c1-12(2)10-14-7-5-9-16(14)11-13-6-3-4-8-15-13/h3-4,6,8,12,14H,5,7,9-11H2,1-2H3. The average molecular weight is 218 g/mol. The zero-order valence-corrected chi connectivity index (χ0v) is 10.4. The SMILES string of the molecule is CC(C)CC1CCCN1Cc1ccccn1. The molecule has 2 heteroatoms. The fourth-order valence-electron chi connectivity index (χ4n) is 2.61. The molecule has 1 aromatic rings. The Morgan fingerprint density at radius 3 is 3.00 bits per heavy atom. The van der Waals surface area contributed by atoms with Crippen molar-refractivity contribution in [3.8, 4) is 0 Å². The quantitative estimate of drug-likeness (QED) is 0.772. The maximum atomic E-state index is 4.41. The Hall–Kier alpha value is -0.890. The van der Waals surface area contributed by atoms with Gasteiger partial charge in [-0.3, -0.25) is 9.88 Å². The zero-order valence-electron chi connectivity index (χ0n) is 10.4. The van der Waals surface area contributed by atoms with E-state index in [0.717, 1.165) is 18.5 Å². The maximum absolute atomic E-state index is 4.41. The molecule has 1 fully saturated rings. The second-order valence-corrected chi connectivity index (χ2v) is 5.22. The third-order valence-electron chi connectivity index (χ3n) is 3.33. The first-order valence-corrected chi connectivity index (χ1v) is 6.39. The van der Waals surface area contributed by atoms with Gasteiger partial charge in [-0.15, -0.1) is 0 Å². The highest BCUT2D eigenvalue weighted by molar-refractivity contribution is 5.04. The lowest BCUT2D eigenvalue weighted by Crippen LogP contribution is -2.30. The van der Waals surface area contributed by atoms with Crippen molar-refractivity contribution >= 4 is 0 Å². The van der Waals surface area contributed by atoms with Gasteiger partial charge in [-0.1, -0.05) is 19.9 Å². The van der Waals surface area contributed by atoms with Gasteiger partial charge in [0.05, 0.1) is 5.69 Å². The Balaban J connectivity index is 1.93. The second kappa shape index (κ2) is 5.44. The molecule has 1 aliphatic heterocycles. The molecule has 1 atom stereocenters. The molecular weight excluding hydrogens is 196 g/mol. The van der Waals surface area contributed by atoms with E-state index in [2.05, 4.69) is 35.9 Å². The van der Waals surface area contributed by atoms with Crippen LogP contribution in [0, 0.1) is 5.92 Å². The van der Waals surface area contributed by atoms with Crippen LogP contribution in [-0.4, -0.2) is 22.5 Å². The van der Waals surface area contributed by atoms with Crippen LogP contribution in [0.15, 0.2) is 24.4 Å². The fraction of sp³-hybridized carbons (Fsp3) is 0.643. The molecule has 88 valence electrons. The van der Waals surface area contributed by atoms with Crippen molar-refractivity contribution in [1.29, 1.82) is 0 Å². The normalized spacial score (nSPS) is 21.8. The van der Waals surface area contributed by atoms with Crippen molar-refractivity contribution in [3.63, 3.8) is 0 Å². The monoisotopic (exact) mass is 218 g/mol. The first-order chi connectivity index (χ1) is 7.75. The Morgan fingerprint density at radius 2 is 2.31 bits per heavy atom. The summed E-state index contributed by atoms with van der Waals surface area (Å²) in [4.78, 5) is 7.01. The van der Waals surface area contributed by atoms with Crippen LogP contribution in [0.1, 0.15) is 38.8 Å². The minimum Gasteiger partial charge on any atom is -0.295 e. The van der Waals surface area contributed by atoms with Gasteiger partial charge in [-0.2, -0.15) is 0 Å². The highest BCUT2D eigenvalue weighted by atomic mass is 15.2. The van der Waals surface area contributed by atoms with Gasteiger partial charge >= 0.3 is 0 Å². The zero-order chi connectivity index (χ0) is 11.4. The van der Waals surface area contributed by atoms with E-state index < -0.39 is 0 Å². The summed E-state index contributed by atoms with van der Waals surface area (Å²) in [5, 5.41) is 0. The van der Waals surface area contributed by atoms with Crippen molar-refractivity contribution in [2.24, 2.45) is 5.92 Å². The van der Waals surface area contributed by atoms with Crippen LogP contribution in [0.5, 0.6) is 0 Å². The lowest BCUT2D eigenvalue weighted by atomic mass is 10.0. The smallest absolute Gasteiger partial charge is 0.0544 e. The number of nitrogens with zero attached hydrogens (tertiary/aromatic N) is 2. The Bertz CT molecular complexity index is 308. The highest BCUT2D eigenvalue weighted by Crippen LogP contribution is 2.24. The van der Waals surface area contributed by atoms with Crippen LogP contribution in [-0.2, 0) is 6.54 Å². The predicted octanol–water partition coefficient (Wildman–Crippen LogP) is 3.09. The van der Waals surface area contributed by atoms with E-state index >= 15 is 0 Å². The van der Waals surface area contributed by atoms with E-state index in [1.165, 1.54) is 31.5 Å². The number of likely N-dealkylation sites (tertiary alicyclic amines) is 1. The summed E-state index contributed by atoms with van der Waals surface area (Å²) in [6.45, 7) is 6.90. The largest absolute Gasteiger partial charge is 0.295 e. The summed E-state index contributed by atoms with van der Waals surface area (Å²) in [7, 11) is 0. The predicted molar refractivity (Wildman–Crippen MR) is 67.1 cm³/mol. The minimum absolute atomic E-state index is 0.780. The van der Waals surface area contributed by atoms with Gasteiger partial charge in [0.15, 0.2) is 0 Å². The van der Waals surface area contributed by atoms with Crippen molar-refractivity contribution < 1.29 is 0 Å². The molecule has 0 radical (unpaired) electrons. The third-order valence-corrected chi connectivity index (χ3v) is 3.33. The van der Waals surface area contributed by atoms with Gasteiger partial charge in [0, 0.05) is 18.8 Å². The summed E-state index contributed by atoms with van der Waals surface area (Å²) >= 11 is 0. The Morgan fingerprint density at radius 1 is 1.44 bits per heavy atom. The average Bonchev–Trinajstić information content (AvgIpc) is 2.66. The van der Waals surface area contributed by atoms with E-state index in [-0.39, 0.29) is 0 Å². The van der Waals surface area contributed by atoms with Crippen LogP contribution in [0.2, 0.25) is 0 Å². The Labute approximate surface area is 98.7 Å². The maximum Gasteiger partial charge on any atom is 0.0544 e. The van der Waals surface area contributed by atoms with Gasteiger partial charge < -0.3 is 0 Å². The molecule has 2 rings (SSSR count). The molecule has 1 saturated heterocycles. The van der Waals surface area contributed by atoms with Crippen molar-refractivity contribution in [2.75, 3.05) is 6.54 Å². The van der Waals surface area contributed by atoms with Gasteiger partial charge in [0.2, 0.25) is 0 Å². The number of rotatable bonds is 4. The van der Waals surface area contributed by atoms with E-state index in [9.17, 15) is 0 Å². The Kier molecular flexibility index (Phi) is 3.94. The number of aromatic nitrogens is 1.